The molecule has 0 aromatic carbocycles. The molecule has 0 unspecified atom stereocenters. The molecule has 2 aromatic heterocycles. The smallest absolute Gasteiger partial charge is 0.255 e. The van der Waals surface area contributed by atoms with Crippen LogP contribution in [0.4, 0.5) is 0 Å². The van der Waals surface area contributed by atoms with Gasteiger partial charge < -0.3 is 10.3 Å². The molecule has 1 saturated carbocycles. The van der Waals surface area contributed by atoms with Crippen LogP contribution >= 0.6 is 0 Å². The van der Waals surface area contributed by atoms with E-state index in [0.29, 0.717) is 22.9 Å². The average molecular weight is 341 g/mol. The van der Waals surface area contributed by atoms with E-state index < -0.39 is 0 Å². The zero-order valence-electron chi connectivity index (χ0n) is 14.6. The maximum Gasteiger partial charge on any atom is 0.255 e. The molecular weight excluding hydrogens is 318 g/mol. The van der Waals surface area contributed by atoms with Gasteiger partial charge in [0.15, 0.2) is 11.6 Å². The van der Waals surface area contributed by atoms with Gasteiger partial charge >= 0.3 is 0 Å². The molecule has 3 rings (SSSR count). The Morgan fingerprint density at radius 2 is 1.92 bits per heavy atom. The molecular formula is C18H23N5O2. The van der Waals surface area contributed by atoms with Gasteiger partial charge in [0.2, 0.25) is 5.91 Å². The second-order valence-corrected chi connectivity index (χ2v) is 6.75. The largest absolute Gasteiger partial charge is 0.353 e. The van der Waals surface area contributed by atoms with Crippen molar-refractivity contribution in [1.82, 2.24) is 25.3 Å². The molecule has 1 amide bonds. The van der Waals surface area contributed by atoms with Crippen molar-refractivity contribution >= 4 is 5.91 Å². The summed E-state index contributed by atoms with van der Waals surface area (Å²) in [4.78, 5) is 39.9. The molecule has 2 N–H and O–H groups in total. The Morgan fingerprint density at radius 1 is 1.24 bits per heavy atom. The topological polar surface area (TPSA) is 101 Å². The molecule has 1 aliphatic rings. The summed E-state index contributed by atoms with van der Waals surface area (Å²) in [7, 11) is 0. The number of rotatable bonds is 4. The maximum atomic E-state index is 12.4. The number of hydrogen-bond donors (Lipinski definition) is 2. The molecule has 2 aromatic rings. The van der Waals surface area contributed by atoms with E-state index in [2.05, 4.69) is 32.2 Å². The van der Waals surface area contributed by atoms with Crippen LogP contribution in [0.25, 0.3) is 11.6 Å². The van der Waals surface area contributed by atoms with Crippen LogP contribution < -0.4 is 10.9 Å². The number of hydrogen-bond acceptors (Lipinski definition) is 5. The van der Waals surface area contributed by atoms with E-state index in [9.17, 15) is 9.59 Å². The highest BCUT2D eigenvalue weighted by Crippen LogP contribution is 2.23. The van der Waals surface area contributed by atoms with Gasteiger partial charge in [-0.1, -0.05) is 6.92 Å². The number of carbonyl (C=O) groups is 1. The molecule has 132 valence electrons. The minimum atomic E-state index is -0.317. The predicted octanol–water partition coefficient (Wildman–Crippen LogP) is 1.77. The van der Waals surface area contributed by atoms with Crippen LogP contribution in [0.15, 0.2) is 23.3 Å². The van der Waals surface area contributed by atoms with Gasteiger partial charge in [0.1, 0.15) is 0 Å². The van der Waals surface area contributed by atoms with E-state index in [1.807, 2.05) is 0 Å². The van der Waals surface area contributed by atoms with Crippen LogP contribution in [0.5, 0.6) is 0 Å². The van der Waals surface area contributed by atoms with Crippen molar-refractivity contribution in [3.05, 3.63) is 40.1 Å². The number of amides is 1. The van der Waals surface area contributed by atoms with Crippen LogP contribution in [-0.2, 0) is 11.2 Å². The lowest BCUT2D eigenvalue weighted by atomic mass is 9.87. The third-order valence-electron chi connectivity index (χ3n) is 4.72. The number of nitrogens with zero attached hydrogens (tertiary/aromatic N) is 3. The molecule has 0 radical (unpaired) electrons. The highest BCUT2D eigenvalue weighted by molar-refractivity contribution is 5.79. The fraction of sp³-hybridized carbons (Fsp3) is 0.500. The first kappa shape index (κ1) is 17.3. The van der Waals surface area contributed by atoms with Crippen molar-refractivity contribution in [2.45, 2.75) is 52.0 Å². The summed E-state index contributed by atoms with van der Waals surface area (Å²) >= 11 is 0. The molecule has 0 atom stereocenters. The zero-order chi connectivity index (χ0) is 17.8. The predicted molar refractivity (Wildman–Crippen MR) is 93.9 cm³/mol. The van der Waals surface area contributed by atoms with E-state index in [-0.39, 0.29) is 23.9 Å². The van der Waals surface area contributed by atoms with Crippen LogP contribution in [0.3, 0.4) is 0 Å². The Hall–Kier alpha value is -2.57. The van der Waals surface area contributed by atoms with Crippen molar-refractivity contribution < 1.29 is 4.79 Å². The maximum absolute atomic E-state index is 12.4. The van der Waals surface area contributed by atoms with Gasteiger partial charge in [-0.25, -0.2) is 15.0 Å². The lowest BCUT2D eigenvalue weighted by molar-refractivity contribution is -0.121. The lowest BCUT2D eigenvalue weighted by Gasteiger charge is -2.26. The summed E-state index contributed by atoms with van der Waals surface area (Å²) in [5, 5.41) is 3.04. The van der Waals surface area contributed by atoms with Crippen LogP contribution in [0, 0.1) is 12.8 Å². The van der Waals surface area contributed by atoms with Crippen molar-refractivity contribution in [2.24, 2.45) is 5.92 Å². The molecule has 1 aliphatic carbocycles. The van der Waals surface area contributed by atoms with Crippen molar-refractivity contribution in [1.29, 1.82) is 0 Å². The Labute approximate surface area is 146 Å². The second kappa shape index (κ2) is 7.55. The summed E-state index contributed by atoms with van der Waals surface area (Å²) < 4.78 is 0. The molecule has 25 heavy (non-hydrogen) atoms. The van der Waals surface area contributed by atoms with Crippen molar-refractivity contribution in [3.8, 4) is 11.6 Å². The number of aromatic nitrogens is 4. The Balaban J connectivity index is 1.70. The van der Waals surface area contributed by atoms with Gasteiger partial charge in [-0.15, -0.1) is 0 Å². The number of carbonyl (C=O) groups excluding carboxylic acids is 1. The van der Waals surface area contributed by atoms with Gasteiger partial charge in [-0.2, -0.15) is 0 Å². The normalized spacial score (nSPS) is 20.2. The first-order chi connectivity index (χ1) is 12.0. The van der Waals surface area contributed by atoms with Gasteiger partial charge in [0, 0.05) is 29.7 Å². The van der Waals surface area contributed by atoms with E-state index in [4.69, 9.17) is 0 Å². The van der Waals surface area contributed by atoms with Crippen molar-refractivity contribution in [3.63, 3.8) is 0 Å². The molecule has 7 nitrogen and oxygen atoms in total. The molecule has 2 heterocycles. The number of H-pyrrole nitrogens is 1. The lowest BCUT2D eigenvalue weighted by Crippen LogP contribution is -2.39. The summed E-state index contributed by atoms with van der Waals surface area (Å²) in [5.41, 5.74) is 0.599. The van der Waals surface area contributed by atoms with Gasteiger partial charge in [-0.3, -0.25) is 9.59 Å². The molecule has 7 heteroatoms. The Bertz CT molecular complexity index is 795. The Morgan fingerprint density at radius 3 is 2.56 bits per heavy atom. The summed E-state index contributed by atoms with van der Waals surface area (Å²) in [6.07, 6.45) is 7.50. The van der Waals surface area contributed by atoms with Crippen LogP contribution in [0.2, 0.25) is 0 Å². The van der Waals surface area contributed by atoms with E-state index in [0.717, 1.165) is 31.6 Å². The molecule has 0 bridgehead atoms. The quantitative estimate of drug-likeness (QED) is 0.883. The van der Waals surface area contributed by atoms with Crippen LogP contribution in [-0.4, -0.2) is 31.9 Å². The van der Waals surface area contributed by atoms with E-state index >= 15 is 0 Å². The summed E-state index contributed by atoms with van der Waals surface area (Å²) in [6.45, 7) is 3.97. The molecule has 0 spiro atoms. The fourth-order valence-corrected chi connectivity index (χ4v) is 3.19. The summed E-state index contributed by atoms with van der Waals surface area (Å²) in [6, 6.07) is 1.91. The van der Waals surface area contributed by atoms with Gasteiger partial charge in [0.05, 0.1) is 6.42 Å². The fourth-order valence-electron chi connectivity index (χ4n) is 3.19. The van der Waals surface area contributed by atoms with Gasteiger partial charge in [0.25, 0.3) is 5.56 Å². The van der Waals surface area contributed by atoms with Gasteiger partial charge in [-0.05, 0) is 44.6 Å². The third kappa shape index (κ3) is 4.29. The SMILES string of the molecule is Cc1nc(-c2ncccn2)[nH]c(=O)c1CC(=O)NC1CCC(C)CC1. The Kier molecular flexibility index (Phi) is 5.21. The molecule has 1 fully saturated rings. The minimum absolute atomic E-state index is 0.0378. The molecule has 0 saturated heterocycles. The number of nitrogens with one attached hydrogen (secondary N) is 2. The number of aryl methyl sites for hydroxylation is 1. The molecule has 0 aliphatic heterocycles. The van der Waals surface area contributed by atoms with E-state index in [1.54, 1.807) is 25.4 Å². The van der Waals surface area contributed by atoms with E-state index in [1.165, 1.54) is 0 Å². The zero-order valence-corrected chi connectivity index (χ0v) is 14.6. The highest BCUT2D eigenvalue weighted by Gasteiger charge is 2.21. The minimum Gasteiger partial charge on any atom is -0.353 e. The van der Waals surface area contributed by atoms with Crippen LogP contribution in [0.1, 0.15) is 43.9 Å². The third-order valence-corrected chi connectivity index (χ3v) is 4.72. The first-order valence-electron chi connectivity index (χ1n) is 8.69. The average Bonchev–Trinajstić information content (AvgIpc) is 2.61. The first-order valence-corrected chi connectivity index (χ1v) is 8.69. The second-order valence-electron chi connectivity index (χ2n) is 6.75. The summed E-state index contributed by atoms with van der Waals surface area (Å²) in [5.74, 6) is 1.28. The van der Waals surface area contributed by atoms with Crippen molar-refractivity contribution in [2.75, 3.05) is 0 Å². The number of aromatic amines is 1. The monoisotopic (exact) mass is 341 g/mol. The standard InChI is InChI=1S/C18H23N5O2/c1-11-4-6-13(7-5-11)22-15(24)10-14-12(2)21-17(23-18(14)25)16-19-8-3-9-20-16/h3,8-9,11,13H,4-7,10H2,1-2H3,(H,22,24)(H,21,23,25). The highest BCUT2D eigenvalue weighted by atomic mass is 16.2.